The van der Waals surface area contributed by atoms with Crippen LogP contribution in [0.1, 0.15) is 47.0 Å². The van der Waals surface area contributed by atoms with Crippen LogP contribution in [0.4, 0.5) is 32.3 Å². The molecular formula is C19H17F6N3O2. The molecular weight excluding hydrogens is 416 g/mol. The van der Waals surface area contributed by atoms with E-state index in [9.17, 15) is 31.1 Å². The van der Waals surface area contributed by atoms with Crippen molar-refractivity contribution in [1.29, 1.82) is 0 Å². The molecule has 2 heterocycles. The molecule has 0 saturated carbocycles. The van der Waals surface area contributed by atoms with Crippen molar-refractivity contribution >= 4 is 11.9 Å². The summed E-state index contributed by atoms with van der Waals surface area (Å²) in [6, 6.07) is 3.68. The number of ether oxygens (including phenoxy) is 1. The van der Waals surface area contributed by atoms with E-state index in [-0.39, 0.29) is 5.95 Å². The molecule has 0 bridgehead atoms. The molecule has 3 rings (SSSR count). The molecule has 0 amide bonds. The third kappa shape index (κ3) is 5.19. The standard InChI is InChI=1S/C19H17F6N3O2/c20-18(21,22)13-6-4-5-12(11-13)15(19(23,24)25)30-16(29)14-7-8-26-17(27-14)28-9-2-1-3-10-28/h4-8,11,15H,1-3,9-10H2/t15-/m1/s1. The molecule has 0 N–H and O–H groups in total. The highest BCUT2D eigenvalue weighted by molar-refractivity contribution is 5.87. The molecule has 1 aromatic carbocycles. The molecule has 5 nitrogen and oxygen atoms in total. The van der Waals surface area contributed by atoms with Gasteiger partial charge in [0.25, 0.3) is 0 Å². The fourth-order valence-electron chi connectivity index (χ4n) is 3.08. The number of halogens is 6. The molecule has 1 atom stereocenters. The fraction of sp³-hybridized carbons (Fsp3) is 0.421. The maximum Gasteiger partial charge on any atom is 0.429 e. The molecule has 11 heteroatoms. The van der Waals surface area contributed by atoms with Gasteiger partial charge in [-0.3, -0.25) is 0 Å². The van der Waals surface area contributed by atoms with Gasteiger partial charge in [0, 0.05) is 24.8 Å². The number of hydrogen-bond donors (Lipinski definition) is 0. The van der Waals surface area contributed by atoms with Crippen molar-refractivity contribution in [3.05, 3.63) is 53.3 Å². The fourth-order valence-corrected chi connectivity index (χ4v) is 3.08. The summed E-state index contributed by atoms with van der Waals surface area (Å²) in [4.78, 5) is 22.1. The number of carbonyl (C=O) groups is 1. The third-order valence-electron chi connectivity index (χ3n) is 4.53. The summed E-state index contributed by atoms with van der Waals surface area (Å²) in [5.74, 6) is -1.22. The highest BCUT2D eigenvalue weighted by Gasteiger charge is 2.45. The van der Waals surface area contributed by atoms with Crippen molar-refractivity contribution < 1.29 is 35.9 Å². The number of aromatic nitrogens is 2. The molecule has 1 aliphatic rings. The Morgan fingerprint density at radius 2 is 1.73 bits per heavy atom. The van der Waals surface area contributed by atoms with Crippen LogP contribution in [-0.2, 0) is 10.9 Å². The van der Waals surface area contributed by atoms with Gasteiger partial charge in [-0.2, -0.15) is 26.3 Å². The number of carbonyl (C=O) groups excluding carboxylic acids is 1. The van der Waals surface area contributed by atoms with E-state index in [0.717, 1.165) is 37.5 Å². The monoisotopic (exact) mass is 433 g/mol. The van der Waals surface area contributed by atoms with Gasteiger partial charge < -0.3 is 9.64 Å². The lowest BCUT2D eigenvalue weighted by molar-refractivity contribution is -0.207. The first-order chi connectivity index (χ1) is 14.1. The topological polar surface area (TPSA) is 55.3 Å². The zero-order chi connectivity index (χ0) is 21.9. The van der Waals surface area contributed by atoms with Crippen molar-refractivity contribution in [1.82, 2.24) is 9.97 Å². The smallest absolute Gasteiger partial charge is 0.429 e. The molecule has 0 unspecified atom stereocenters. The van der Waals surface area contributed by atoms with E-state index < -0.39 is 41.2 Å². The number of piperidine rings is 1. The quantitative estimate of drug-likeness (QED) is 0.505. The maximum absolute atomic E-state index is 13.5. The first-order valence-electron chi connectivity index (χ1n) is 9.08. The van der Waals surface area contributed by atoms with E-state index in [4.69, 9.17) is 0 Å². The van der Waals surface area contributed by atoms with Gasteiger partial charge in [0.15, 0.2) is 5.69 Å². The van der Waals surface area contributed by atoms with Gasteiger partial charge in [-0.1, -0.05) is 12.1 Å². The predicted molar refractivity (Wildman–Crippen MR) is 93.8 cm³/mol. The molecule has 1 aromatic heterocycles. The molecule has 30 heavy (non-hydrogen) atoms. The Bertz CT molecular complexity index is 894. The SMILES string of the molecule is O=C(O[C@H](c1cccc(C(F)(F)F)c1)C(F)(F)F)c1ccnc(N2CCCCC2)n1. The van der Waals surface area contributed by atoms with E-state index >= 15 is 0 Å². The normalized spacial score (nSPS) is 16.3. The van der Waals surface area contributed by atoms with Crippen LogP contribution < -0.4 is 4.90 Å². The summed E-state index contributed by atoms with van der Waals surface area (Å²) in [7, 11) is 0. The van der Waals surface area contributed by atoms with Gasteiger partial charge in [-0.25, -0.2) is 14.8 Å². The van der Waals surface area contributed by atoms with E-state index in [2.05, 4.69) is 14.7 Å². The predicted octanol–water partition coefficient (Wildman–Crippen LogP) is 4.95. The van der Waals surface area contributed by atoms with Crippen LogP contribution >= 0.6 is 0 Å². The van der Waals surface area contributed by atoms with Gasteiger partial charge in [0.2, 0.25) is 12.1 Å². The van der Waals surface area contributed by atoms with Crippen LogP contribution in [0.25, 0.3) is 0 Å². The largest absolute Gasteiger partial charge is 0.443 e. The number of anilines is 1. The minimum absolute atomic E-state index is 0.187. The van der Waals surface area contributed by atoms with Gasteiger partial charge >= 0.3 is 18.3 Å². The maximum atomic E-state index is 13.5. The van der Waals surface area contributed by atoms with Crippen molar-refractivity contribution in [2.24, 2.45) is 0 Å². The molecule has 1 aliphatic heterocycles. The first kappa shape index (κ1) is 21.8. The number of hydrogen-bond acceptors (Lipinski definition) is 5. The molecule has 0 spiro atoms. The summed E-state index contributed by atoms with van der Waals surface area (Å²) >= 11 is 0. The first-order valence-corrected chi connectivity index (χ1v) is 9.08. The Hall–Kier alpha value is -2.85. The Kier molecular flexibility index (Phi) is 6.18. The molecule has 1 fully saturated rings. The Balaban J connectivity index is 1.85. The van der Waals surface area contributed by atoms with Gasteiger partial charge in [-0.15, -0.1) is 0 Å². The van der Waals surface area contributed by atoms with Crippen LogP contribution in [0.3, 0.4) is 0 Å². The zero-order valence-corrected chi connectivity index (χ0v) is 15.5. The minimum Gasteiger partial charge on any atom is -0.443 e. The summed E-state index contributed by atoms with van der Waals surface area (Å²) in [6.07, 6.45) is -8.80. The van der Waals surface area contributed by atoms with Crippen LogP contribution in [-0.4, -0.2) is 35.2 Å². The van der Waals surface area contributed by atoms with E-state index in [0.29, 0.717) is 25.2 Å². The number of nitrogens with zero attached hydrogens (tertiary/aromatic N) is 3. The van der Waals surface area contributed by atoms with E-state index in [1.54, 1.807) is 4.90 Å². The second kappa shape index (κ2) is 8.49. The summed E-state index contributed by atoms with van der Waals surface area (Å²) < 4.78 is 83.6. The second-order valence-corrected chi connectivity index (χ2v) is 6.74. The van der Waals surface area contributed by atoms with E-state index in [1.165, 1.54) is 6.20 Å². The Morgan fingerprint density at radius 1 is 1.03 bits per heavy atom. The Morgan fingerprint density at radius 3 is 2.37 bits per heavy atom. The highest BCUT2D eigenvalue weighted by Crippen LogP contribution is 2.39. The van der Waals surface area contributed by atoms with Gasteiger partial charge in [-0.05, 0) is 37.5 Å². The molecule has 1 saturated heterocycles. The summed E-state index contributed by atoms with van der Waals surface area (Å²) in [5.41, 5.74) is -2.53. The molecule has 0 radical (unpaired) electrons. The van der Waals surface area contributed by atoms with Gasteiger partial charge in [0.1, 0.15) is 0 Å². The lowest BCUT2D eigenvalue weighted by atomic mass is 10.1. The zero-order valence-electron chi connectivity index (χ0n) is 15.5. The lowest BCUT2D eigenvalue weighted by Crippen LogP contribution is -2.31. The van der Waals surface area contributed by atoms with E-state index in [1.807, 2.05) is 0 Å². The van der Waals surface area contributed by atoms with Crippen LogP contribution in [0, 0.1) is 0 Å². The molecule has 2 aromatic rings. The van der Waals surface area contributed by atoms with Crippen molar-refractivity contribution in [2.45, 2.75) is 37.7 Å². The van der Waals surface area contributed by atoms with Crippen molar-refractivity contribution in [3.63, 3.8) is 0 Å². The number of rotatable bonds is 4. The lowest BCUT2D eigenvalue weighted by Gasteiger charge is -2.26. The average molecular weight is 433 g/mol. The Labute approximate surface area is 167 Å². The van der Waals surface area contributed by atoms with Crippen LogP contribution in [0.15, 0.2) is 36.5 Å². The third-order valence-corrected chi connectivity index (χ3v) is 4.53. The molecule has 162 valence electrons. The van der Waals surface area contributed by atoms with Crippen molar-refractivity contribution in [2.75, 3.05) is 18.0 Å². The average Bonchev–Trinajstić information content (AvgIpc) is 2.71. The molecule has 0 aliphatic carbocycles. The van der Waals surface area contributed by atoms with Crippen molar-refractivity contribution in [3.8, 4) is 0 Å². The highest BCUT2D eigenvalue weighted by atomic mass is 19.4. The van der Waals surface area contributed by atoms with Crippen LogP contribution in [0.2, 0.25) is 0 Å². The second-order valence-electron chi connectivity index (χ2n) is 6.74. The van der Waals surface area contributed by atoms with Crippen LogP contribution in [0.5, 0.6) is 0 Å². The summed E-state index contributed by atoms with van der Waals surface area (Å²) in [5, 5.41) is 0. The minimum atomic E-state index is -5.12. The number of esters is 1. The number of benzene rings is 1. The van der Waals surface area contributed by atoms with Gasteiger partial charge in [0.05, 0.1) is 5.56 Å². The summed E-state index contributed by atoms with van der Waals surface area (Å²) in [6.45, 7) is 1.29. The number of alkyl halides is 6.